The molecule has 0 amide bonds. The van der Waals surface area contributed by atoms with Crippen molar-refractivity contribution in [2.24, 2.45) is 5.10 Å². The summed E-state index contributed by atoms with van der Waals surface area (Å²) in [5.41, 5.74) is 3.03. The van der Waals surface area contributed by atoms with Gasteiger partial charge in [-0.2, -0.15) is 5.10 Å². The first-order valence-corrected chi connectivity index (χ1v) is 8.69. The zero-order valence-corrected chi connectivity index (χ0v) is 16.1. The van der Waals surface area contributed by atoms with Crippen molar-refractivity contribution in [2.75, 3.05) is 19.6 Å². The molecule has 0 saturated carbocycles. The van der Waals surface area contributed by atoms with E-state index in [0.29, 0.717) is 23.2 Å². The highest BCUT2D eigenvalue weighted by molar-refractivity contribution is 5.87. The largest absolute Gasteiger partial charge is 0.493 e. The molecule has 1 N–H and O–H groups in total. The number of nitro groups is 1. The molecule has 10 heteroatoms. The lowest BCUT2D eigenvalue weighted by molar-refractivity contribution is -0.385. The molecule has 29 heavy (non-hydrogen) atoms. The first kappa shape index (κ1) is 19.8. The Morgan fingerprint density at radius 3 is 2.59 bits per heavy atom. The Morgan fingerprint density at radius 2 is 1.93 bits per heavy atom. The first-order chi connectivity index (χ1) is 14.0. The summed E-state index contributed by atoms with van der Waals surface area (Å²) in [5.74, 6) is 0.796. The highest BCUT2D eigenvalue weighted by atomic mass is 16.6. The van der Waals surface area contributed by atoms with Crippen LogP contribution in [0.5, 0.6) is 11.5 Å². The molecule has 0 saturated heterocycles. The van der Waals surface area contributed by atoms with Gasteiger partial charge in [0, 0.05) is 6.54 Å². The van der Waals surface area contributed by atoms with Gasteiger partial charge in [0.1, 0.15) is 0 Å². The van der Waals surface area contributed by atoms with Crippen molar-refractivity contribution in [3.63, 3.8) is 0 Å². The molecule has 0 aliphatic rings. The average Bonchev–Trinajstić information content (AvgIpc) is 2.73. The van der Waals surface area contributed by atoms with Crippen LogP contribution >= 0.6 is 0 Å². The molecule has 10 nitrogen and oxygen atoms in total. The molecular weight excluding hydrogens is 378 g/mol. The summed E-state index contributed by atoms with van der Waals surface area (Å²) in [4.78, 5) is 27.9. The van der Waals surface area contributed by atoms with Crippen LogP contribution in [0, 0.1) is 10.1 Å². The van der Waals surface area contributed by atoms with E-state index in [-0.39, 0.29) is 28.5 Å². The van der Waals surface area contributed by atoms with Gasteiger partial charge in [0.2, 0.25) is 5.95 Å². The Hall–Kier alpha value is -3.95. The van der Waals surface area contributed by atoms with Crippen LogP contribution in [-0.4, -0.2) is 34.9 Å². The number of nitrogens with zero attached hydrogens (tertiary/aromatic N) is 4. The highest BCUT2D eigenvalue weighted by Crippen LogP contribution is 2.33. The summed E-state index contributed by atoms with van der Waals surface area (Å²) in [5, 5.41) is 15.9. The van der Waals surface area contributed by atoms with Gasteiger partial charge in [-0.05, 0) is 25.1 Å². The third kappa shape index (κ3) is 3.86. The standard InChI is InChI=1S/C19H19N5O5/c1-4-23-18(25)13-7-5-6-8-14(13)21-19(23)22-20-11-12-9-16(28-2)17(29-3)10-15(12)24(26)27/h5-11H,4H2,1-3H3,(H,21,22)/b20-11-. The molecule has 0 aliphatic heterocycles. The second-order valence-electron chi connectivity index (χ2n) is 5.90. The van der Waals surface area contributed by atoms with E-state index in [9.17, 15) is 14.9 Å². The number of rotatable bonds is 7. The van der Waals surface area contributed by atoms with Gasteiger partial charge in [-0.25, -0.2) is 10.4 Å². The van der Waals surface area contributed by atoms with E-state index in [2.05, 4.69) is 15.5 Å². The third-order valence-corrected chi connectivity index (χ3v) is 4.28. The van der Waals surface area contributed by atoms with Crippen LogP contribution in [0.25, 0.3) is 10.9 Å². The molecular formula is C19H19N5O5. The van der Waals surface area contributed by atoms with Crippen LogP contribution in [0.15, 0.2) is 46.3 Å². The molecule has 0 atom stereocenters. The minimum atomic E-state index is -0.542. The number of hydrogen-bond acceptors (Lipinski definition) is 8. The van der Waals surface area contributed by atoms with Gasteiger partial charge in [-0.15, -0.1) is 0 Å². The first-order valence-electron chi connectivity index (χ1n) is 8.69. The monoisotopic (exact) mass is 397 g/mol. The lowest BCUT2D eigenvalue weighted by Crippen LogP contribution is -2.23. The number of hydrazone groups is 1. The lowest BCUT2D eigenvalue weighted by atomic mass is 10.1. The molecule has 0 radical (unpaired) electrons. The van der Waals surface area contributed by atoms with Crippen molar-refractivity contribution in [3.05, 3.63) is 62.4 Å². The summed E-state index contributed by atoms with van der Waals surface area (Å²) in [7, 11) is 2.83. The van der Waals surface area contributed by atoms with Crippen LogP contribution in [0.3, 0.4) is 0 Å². The van der Waals surface area contributed by atoms with E-state index in [1.165, 1.54) is 37.1 Å². The number of aromatic nitrogens is 2. The quantitative estimate of drug-likeness (QED) is 0.370. The maximum Gasteiger partial charge on any atom is 0.282 e. The van der Waals surface area contributed by atoms with E-state index in [0.717, 1.165) is 0 Å². The predicted octanol–water partition coefficient (Wildman–Crippen LogP) is 2.79. The highest BCUT2D eigenvalue weighted by Gasteiger charge is 2.18. The number of hydrogen-bond donors (Lipinski definition) is 1. The molecule has 3 aromatic rings. The molecule has 0 aliphatic carbocycles. The third-order valence-electron chi connectivity index (χ3n) is 4.28. The second kappa shape index (κ2) is 8.38. The second-order valence-corrected chi connectivity index (χ2v) is 5.90. The molecule has 0 spiro atoms. The normalized spacial score (nSPS) is 11.0. The van der Waals surface area contributed by atoms with Crippen molar-refractivity contribution in [3.8, 4) is 11.5 Å². The van der Waals surface area contributed by atoms with Gasteiger partial charge in [0.15, 0.2) is 11.5 Å². The predicted molar refractivity (Wildman–Crippen MR) is 109 cm³/mol. The summed E-state index contributed by atoms with van der Waals surface area (Å²) in [6.45, 7) is 2.19. The molecule has 0 unspecified atom stereocenters. The Bertz CT molecular complexity index is 1160. The summed E-state index contributed by atoms with van der Waals surface area (Å²) < 4.78 is 11.7. The van der Waals surface area contributed by atoms with Crippen molar-refractivity contribution in [2.45, 2.75) is 13.5 Å². The number of ether oxygens (including phenoxy) is 2. The fraction of sp³-hybridized carbons (Fsp3) is 0.211. The zero-order valence-electron chi connectivity index (χ0n) is 16.1. The van der Waals surface area contributed by atoms with Gasteiger partial charge in [-0.3, -0.25) is 19.5 Å². The van der Waals surface area contributed by atoms with Crippen molar-refractivity contribution in [1.29, 1.82) is 0 Å². The molecule has 0 fully saturated rings. The summed E-state index contributed by atoms with van der Waals surface area (Å²) in [6, 6.07) is 9.69. The minimum absolute atomic E-state index is 0.200. The molecule has 2 aromatic carbocycles. The molecule has 150 valence electrons. The van der Waals surface area contributed by atoms with Crippen LogP contribution < -0.4 is 20.5 Å². The van der Waals surface area contributed by atoms with Crippen LogP contribution in [0.4, 0.5) is 11.6 Å². The smallest absolute Gasteiger partial charge is 0.282 e. The van der Waals surface area contributed by atoms with E-state index >= 15 is 0 Å². The van der Waals surface area contributed by atoms with Gasteiger partial charge in [-0.1, -0.05) is 12.1 Å². The van der Waals surface area contributed by atoms with E-state index in [1.807, 2.05) is 6.92 Å². The maximum absolute atomic E-state index is 12.6. The van der Waals surface area contributed by atoms with Crippen molar-refractivity contribution >= 4 is 28.8 Å². The van der Waals surface area contributed by atoms with Gasteiger partial charge < -0.3 is 9.47 Å². The van der Waals surface area contributed by atoms with Crippen LogP contribution in [0.1, 0.15) is 12.5 Å². The molecule has 1 aromatic heterocycles. The van der Waals surface area contributed by atoms with Crippen molar-refractivity contribution in [1.82, 2.24) is 9.55 Å². The van der Waals surface area contributed by atoms with E-state index in [1.54, 1.807) is 24.3 Å². The Balaban J connectivity index is 2.00. The van der Waals surface area contributed by atoms with Crippen molar-refractivity contribution < 1.29 is 14.4 Å². The number of methoxy groups -OCH3 is 2. The van der Waals surface area contributed by atoms with E-state index < -0.39 is 4.92 Å². The molecule has 0 bridgehead atoms. The Morgan fingerprint density at radius 1 is 1.24 bits per heavy atom. The fourth-order valence-corrected chi connectivity index (χ4v) is 2.85. The number of fused-ring (bicyclic) bond motifs is 1. The Kier molecular flexibility index (Phi) is 5.72. The number of para-hydroxylation sites is 1. The number of nitrogens with one attached hydrogen (secondary N) is 1. The number of benzene rings is 2. The minimum Gasteiger partial charge on any atom is -0.493 e. The van der Waals surface area contributed by atoms with Crippen LogP contribution in [-0.2, 0) is 6.54 Å². The Labute approximate surface area is 165 Å². The molecule has 3 rings (SSSR count). The SMILES string of the molecule is CCn1c(N/N=C\c2cc(OC)c(OC)cc2[N+](=O)[O-])nc2ccccc2c1=O. The van der Waals surface area contributed by atoms with Gasteiger partial charge in [0.25, 0.3) is 11.2 Å². The topological polar surface area (TPSA) is 121 Å². The summed E-state index contributed by atoms with van der Waals surface area (Å²) in [6.07, 6.45) is 1.27. The zero-order chi connectivity index (χ0) is 21.0. The fourth-order valence-electron chi connectivity index (χ4n) is 2.85. The van der Waals surface area contributed by atoms with E-state index in [4.69, 9.17) is 9.47 Å². The van der Waals surface area contributed by atoms with Crippen LogP contribution in [0.2, 0.25) is 0 Å². The lowest BCUT2D eigenvalue weighted by Gasteiger charge is -2.11. The average molecular weight is 397 g/mol. The summed E-state index contributed by atoms with van der Waals surface area (Å²) >= 11 is 0. The van der Waals surface area contributed by atoms with Gasteiger partial charge >= 0.3 is 0 Å². The number of anilines is 1. The number of nitro benzene ring substituents is 1. The maximum atomic E-state index is 12.6. The molecule has 1 heterocycles. The van der Waals surface area contributed by atoms with Gasteiger partial charge in [0.05, 0.1) is 47.9 Å².